The Balaban J connectivity index is 2.52. The van der Waals surface area contributed by atoms with Crippen LogP contribution in [0.5, 0.6) is 0 Å². The van der Waals surface area contributed by atoms with Gasteiger partial charge in [0.2, 0.25) is 0 Å². The molecule has 3 aromatic rings. The number of nitrogens with one attached hydrogen (secondary N) is 1. The van der Waals surface area contributed by atoms with Crippen LogP contribution in [-0.4, -0.2) is 4.98 Å². The zero-order valence-electron chi connectivity index (χ0n) is 8.22. The third-order valence-corrected chi connectivity index (χ3v) is 2.54. The monoisotopic (exact) mass is 185 g/mol. The molecule has 0 amide bonds. The molecule has 0 aliphatic carbocycles. The molecule has 14 heavy (non-hydrogen) atoms. The van der Waals surface area contributed by atoms with Crippen molar-refractivity contribution in [2.24, 2.45) is 0 Å². The first-order chi connectivity index (χ1) is 6.74. The Kier molecular flexibility index (Phi) is 1.32. The van der Waals surface area contributed by atoms with Gasteiger partial charge in [-0.1, -0.05) is 6.07 Å². The molecule has 0 fully saturated rings. The maximum Gasteiger partial charge on any atom is 0.153 e. The van der Waals surface area contributed by atoms with Gasteiger partial charge in [0.1, 0.15) is 5.58 Å². The minimum Gasteiger partial charge on any atom is -0.454 e. The van der Waals surface area contributed by atoms with Crippen molar-refractivity contribution in [3.63, 3.8) is 0 Å². The van der Waals surface area contributed by atoms with Crippen LogP contribution in [0.25, 0.3) is 22.1 Å². The predicted octanol–water partition coefficient (Wildman–Crippen LogP) is 3.53. The van der Waals surface area contributed by atoms with Crippen molar-refractivity contribution >= 4 is 22.1 Å². The molecule has 0 bridgehead atoms. The van der Waals surface area contributed by atoms with Crippen molar-refractivity contribution in [3.05, 3.63) is 35.5 Å². The van der Waals surface area contributed by atoms with Crippen molar-refractivity contribution in [1.82, 2.24) is 4.98 Å². The SMILES string of the molecule is Cc1ccc2c(c1)oc1cc(C)[nH]c12. The van der Waals surface area contributed by atoms with Gasteiger partial charge in [-0.2, -0.15) is 0 Å². The molecule has 0 unspecified atom stereocenters. The zero-order chi connectivity index (χ0) is 9.71. The number of benzene rings is 1. The van der Waals surface area contributed by atoms with Crippen LogP contribution in [0.1, 0.15) is 11.3 Å². The summed E-state index contributed by atoms with van der Waals surface area (Å²) in [5.41, 5.74) is 5.39. The number of hydrogen-bond donors (Lipinski definition) is 1. The average Bonchev–Trinajstić information content (AvgIpc) is 2.59. The molecular formula is C12H11NO. The van der Waals surface area contributed by atoms with Crippen LogP contribution in [0, 0.1) is 13.8 Å². The van der Waals surface area contributed by atoms with Gasteiger partial charge in [0.15, 0.2) is 5.58 Å². The van der Waals surface area contributed by atoms with Gasteiger partial charge in [0.05, 0.1) is 5.52 Å². The van der Waals surface area contributed by atoms with Crippen LogP contribution in [0.3, 0.4) is 0 Å². The maximum atomic E-state index is 5.72. The van der Waals surface area contributed by atoms with Crippen LogP contribution in [-0.2, 0) is 0 Å². The maximum absolute atomic E-state index is 5.72. The fourth-order valence-corrected chi connectivity index (χ4v) is 1.88. The van der Waals surface area contributed by atoms with E-state index in [1.54, 1.807) is 0 Å². The second-order valence-electron chi connectivity index (χ2n) is 3.79. The molecule has 2 aromatic heterocycles. The Bertz CT molecular complexity index is 612. The molecule has 0 saturated heterocycles. The quantitative estimate of drug-likeness (QED) is 0.570. The number of aryl methyl sites for hydroxylation is 2. The molecule has 2 heteroatoms. The molecule has 2 heterocycles. The number of hydrogen-bond acceptors (Lipinski definition) is 1. The summed E-state index contributed by atoms with van der Waals surface area (Å²) in [5, 5.41) is 1.17. The topological polar surface area (TPSA) is 28.9 Å². The number of H-pyrrole nitrogens is 1. The number of furan rings is 1. The summed E-state index contributed by atoms with van der Waals surface area (Å²) in [7, 11) is 0. The lowest BCUT2D eigenvalue weighted by Crippen LogP contribution is -1.72. The third-order valence-electron chi connectivity index (χ3n) is 2.54. The van der Waals surface area contributed by atoms with Gasteiger partial charge in [-0.3, -0.25) is 0 Å². The lowest BCUT2D eigenvalue weighted by molar-refractivity contribution is 0.669. The zero-order valence-corrected chi connectivity index (χ0v) is 8.22. The van der Waals surface area contributed by atoms with Gasteiger partial charge in [0, 0.05) is 17.1 Å². The highest BCUT2D eigenvalue weighted by Crippen LogP contribution is 2.28. The standard InChI is InChI=1S/C12H11NO/c1-7-3-4-9-10(5-7)14-11-6-8(2)13-12(9)11/h3-6,13H,1-2H3. The van der Waals surface area contributed by atoms with Crippen LogP contribution in [0.15, 0.2) is 28.7 Å². The van der Waals surface area contributed by atoms with E-state index in [-0.39, 0.29) is 0 Å². The molecule has 3 rings (SSSR count). The van der Waals surface area contributed by atoms with Crippen LogP contribution in [0.4, 0.5) is 0 Å². The molecule has 0 aliphatic heterocycles. The van der Waals surface area contributed by atoms with Gasteiger partial charge >= 0.3 is 0 Å². The smallest absolute Gasteiger partial charge is 0.153 e. The summed E-state index contributed by atoms with van der Waals surface area (Å²) >= 11 is 0. The van der Waals surface area contributed by atoms with Gasteiger partial charge in [-0.15, -0.1) is 0 Å². The number of aromatic nitrogens is 1. The average molecular weight is 185 g/mol. The Morgan fingerprint density at radius 1 is 1.07 bits per heavy atom. The van der Waals surface area contributed by atoms with Crippen LogP contribution < -0.4 is 0 Å². The summed E-state index contributed by atoms with van der Waals surface area (Å²) in [5.74, 6) is 0. The number of aromatic amines is 1. The molecule has 1 aromatic carbocycles. The van der Waals surface area contributed by atoms with Crippen molar-refractivity contribution in [3.8, 4) is 0 Å². The molecule has 0 atom stereocenters. The summed E-state index contributed by atoms with van der Waals surface area (Å²) in [6.07, 6.45) is 0. The molecule has 70 valence electrons. The van der Waals surface area contributed by atoms with Gasteiger partial charge < -0.3 is 9.40 Å². The second-order valence-corrected chi connectivity index (χ2v) is 3.79. The summed E-state index contributed by atoms with van der Waals surface area (Å²) in [4.78, 5) is 3.31. The Hall–Kier alpha value is -1.70. The van der Waals surface area contributed by atoms with Gasteiger partial charge in [-0.05, 0) is 31.5 Å². The second kappa shape index (κ2) is 2.41. The van der Waals surface area contributed by atoms with Crippen LogP contribution in [0.2, 0.25) is 0 Å². The highest BCUT2D eigenvalue weighted by atomic mass is 16.3. The Morgan fingerprint density at radius 2 is 1.93 bits per heavy atom. The van der Waals surface area contributed by atoms with Crippen LogP contribution >= 0.6 is 0 Å². The largest absolute Gasteiger partial charge is 0.454 e. The Labute approximate surface area is 81.5 Å². The van der Waals surface area contributed by atoms with Gasteiger partial charge in [-0.25, -0.2) is 0 Å². The molecule has 1 N–H and O–H groups in total. The first-order valence-corrected chi connectivity index (χ1v) is 4.72. The van der Waals surface area contributed by atoms with E-state index in [4.69, 9.17) is 4.42 Å². The van der Waals surface area contributed by atoms with Crippen molar-refractivity contribution in [1.29, 1.82) is 0 Å². The molecular weight excluding hydrogens is 174 g/mol. The van der Waals surface area contributed by atoms with E-state index >= 15 is 0 Å². The van der Waals surface area contributed by atoms with E-state index < -0.39 is 0 Å². The lowest BCUT2D eigenvalue weighted by atomic mass is 10.2. The fourth-order valence-electron chi connectivity index (χ4n) is 1.88. The Morgan fingerprint density at radius 3 is 2.79 bits per heavy atom. The van der Waals surface area contributed by atoms with Crippen molar-refractivity contribution in [2.75, 3.05) is 0 Å². The fraction of sp³-hybridized carbons (Fsp3) is 0.167. The molecule has 0 aliphatic rings. The number of fused-ring (bicyclic) bond motifs is 3. The minimum absolute atomic E-state index is 0.947. The lowest BCUT2D eigenvalue weighted by Gasteiger charge is -1.91. The van der Waals surface area contributed by atoms with E-state index in [1.165, 1.54) is 10.9 Å². The molecule has 0 spiro atoms. The van der Waals surface area contributed by atoms with E-state index in [1.807, 2.05) is 13.0 Å². The van der Waals surface area contributed by atoms with Crippen molar-refractivity contribution in [2.45, 2.75) is 13.8 Å². The number of rotatable bonds is 0. The summed E-state index contributed by atoms with van der Waals surface area (Å²) < 4.78 is 5.72. The molecule has 0 saturated carbocycles. The molecule has 2 nitrogen and oxygen atoms in total. The summed E-state index contributed by atoms with van der Waals surface area (Å²) in [6, 6.07) is 8.31. The first kappa shape index (κ1) is 7.68. The summed E-state index contributed by atoms with van der Waals surface area (Å²) in [6.45, 7) is 4.11. The normalized spacial score (nSPS) is 11.6. The third kappa shape index (κ3) is 0.909. The highest BCUT2D eigenvalue weighted by Gasteiger charge is 2.08. The van der Waals surface area contributed by atoms with E-state index in [2.05, 4.69) is 30.1 Å². The van der Waals surface area contributed by atoms with Gasteiger partial charge in [0.25, 0.3) is 0 Å². The van der Waals surface area contributed by atoms with E-state index in [0.717, 1.165) is 22.4 Å². The molecule has 0 radical (unpaired) electrons. The van der Waals surface area contributed by atoms with E-state index in [0.29, 0.717) is 0 Å². The van der Waals surface area contributed by atoms with Crippen molar-refractivity contribution < 1.29 is 4.42 Å². The first-order valence-electron chi connectivity index (χ1n) is 4.72. The highest BCUT2D eigenvalue weighted by molar-refractivity contribution is 6.03. The van der Waals surface area contributed by atoms with E-state index in [9.17, 15) is 0 Å². The minimum atomic E-state index is 0.947. The predicted molar refractivity (Wildman–Crippen MR) is 57.5 cm³/mol.